The molecule has 1 saturated carbocycles. The molecule has 1 aliphatic heterocycles. The second-order valence-electron chi connectivity index (χ2n) is 7.10. The zero-order valence-corrected chi connectivity index (χ0v) is 16.1. The van der Waals surface area contributed by atoms with E-state index in [1.807, 2.05) is 19.2 Å². The van der Waals surface area contributed by atoms with E-state index >= 15 is 0 Å². The molecule has 0 aromatic heterocycles. The van der Waals surface area contributed by atoms with Crippen LogP contribution in [0.3, 0.4) is 0 Å². The van der Waals surface area contributed by atoms with Gasteiger partial charge in [-0.3, -0.25) is 0 Å². The maximum absolute atomic E-state index is 10.1. The average molecular weight is 375 g/mol. The molecule has 3 rings (SSSR count). The number of methoxy groups -OCH3 is 2. The van der Waals surface area contributed by atoms with Gasteiger partial charge < -0.3 is 19.8 Å². The molecule has 1 aromatic rings. The van der Waals surface area contributed by atoms with Crippen molar-refractivity contribution in [3.63, 3.8) is 0 Å². The summed E-state index contributed by atoms with van der Waals surface area (Å²) in [5, 5.41) is 38.5. The van der Waals surface area contributed by atoms with E-state index in [2.05, 4.69) is 23.1 Å². The Labute approximate surface area is 164 Å². The fraction of sp³-hybridized carbons (Fsp3) is 0.429. The fourth-order valence-corrected chi connectivity index (χ4v) is 4.45. The molecular formula is C21H21N5O2. The lowest BCUT2D eigenvalue weighted by molar-refractivity contribution is 0.231. The zero-order valence-electron chi connectivity index (χ0n) is 16.1. The highest BCUT2D eigenvalue weighted by Gasteiger charge is 2.58. The number of nitriles is 3. The van der Waals surface area contributed by atoms with Gasteiger partial charge in [-0.05, 0) is 18.7 Å². The Bertz CT molecular complexity index is 948. The summed E-state index contributed by atoms with van der Waals surface area (Å²) in [5.41, 5.74) is -0.485. The Balaban J connectivity index is 2.34. The Kier molecular flexibility index (Phi) is 5.10. The van der Waals surface area contributed by atoms with Crippen LogP contribution in [0.5, 0.6) is 11.5 Å². The summed E-state index contributed by atoms with van der Waals surface area (Å²) >= 11 is 0. The molecule has 1 fully saturated rings. The molecule has 1 heterocycles. The lowest BCUT2D eigenvalue weighted by Gasteiger charge is -2.47. The van der Waals surface area contributed by atoms with Crippen LogP contribution in [-0.4, -0.2) is 45.0 Å². The third kappa shape index (κ3) is 2.62. The molecule has 1 unspecified atom stereocenters. The Hall–Kier alpha value is -3.34. The van der Waals surface area contributed by atoms with Crippen molar-refractivity contribution in [3.05, 3.63) is 35.4 Å². The SMILES string of the molecule is COc1cccc([C@@H]2[C@H]3CN(C)CC=C3C(C#N)C(=N)C2(C#N)C#N)c1OC. The van der Waals surface area contributed by atoms with Crippen LogP contribution >= 0.6 is 0 Å². The topological polar surface area (TPSA) is 117 Å². The van der Waals surface area contributed by atoms with Gasteiger partial charge in [0.2, 0.25) is 0 Å². The van der Waals surface area contributed by atoms with Gasteiger partial charge in [-0.1, -0.05) is 18.2 Å². The lowest BCUT2D eigenvalue weighted by atomic mass is 9.54. The number of likely N-dealkylation sites (N-methyl/N-ethyl adjacent to an activating group) is 1. The molecule has 1 N–H and O–H groups in total. The van der Waals surface area contributed by atoms with Gasteiger partial charge in [-0.15, -0.1) is 0 Å². The Morgan fingerprint density at radius 2 is 1.89 bits per heavy atom. The Morgan fingerprint density at radius 1 is 1.18 bits per heavy atom. The van der Waals surface area contributed by atoms with Gasteiger partial charge >= 0.3 is 0 Å². The molecule has 28 heavy (non-hydrogen) atoms. The predicted molar refractivity (Wildman–Crippen MR) is 102 cm³/mol. The van der Waals surface area contributed by atoms with Gasteiger partial charge in [0.1, 0.15) is 5.92 Å². The molecule has 0 bridgehead atoms. The highest BCUT2D eigenvalue weighted by atomic mass is 16.5. The van der Waals surface area contributed by atoms with Crippen LogP contribution in [0.1, 0.15) is 11.5 Å². The van der Waals surface area contributed by atoms with Crippen molar-refractivity contribution in [2.24, 2.45) is 17.3 Å². The van der Waals surface area contributed by atoms with E-state index in [9.17, 15) is 15.8 Å². The molecule has 0 spiro atoms. The second-order valence-corrected chi connectivity index (χ2v) is 7.10. The molecule has 0 saturated heterocycles. The third-order valence-corrected chi connectivity index (χ3v) is 5.74. The van der Waals surface area contributed by atoms with Crippen LogP contribution < -0.4 is 9.47 Å². The molecule has 0 amide bonds. The Morgan fingerprint density at radius 3 is 2.46 bits per heavy atom. The van der Waals surface area contributed by atoms with Gasteiger partial charge in [-0.25, -0.2) is 0 Å². The number of nitrogens with one attached hydrogen (secondary N) is 1. The lowest BCUT2D eigenvalue weighted by Crippen LogP contribution is -2.52. The van der Waals surface area contributed by atoms with E-state index in [0.717, 1.165) is 5.57 Å². The van der Waals surface area contributed by atoms with Crippen molar-refractivity contribution in [2.45, 2.75) is 5.92 Å². The van der Waals surface area contributed by atoms with E-state index in [0.29, 0.717) is 30.2 Å². The minimum absolute atomic E-state index is 0.165. The van der Waals surface area contributed by atoms with Crippen LogP contribution in [0.25, 0.3) is 0 Å². The summed E-state index contributed by atoms with van der Waals surface area (Å²) in [4.78, 5) is 2.08. The normalized spacial score (nSPS) is 26.1. The molecule has 1 aliphatic carbocycles. The molecule has 7 nitrogen and oxygen atoms in total. The smallest absolute Gasteiger partial charge is 0.189 e. The third-order valence-electron chi connectivity index (χ3n) is 5.74. The van der Waals surface area contributed by atoms with Gasteiger partial charge in [0.15, 0.2) is 16.9 Å². The van der Waals surface area contributed by atoms with Gasteiger partial charge in [0, 0.05) is 30.5 Å². The quantitative estimate of drug-likeness (QED) is 0.811. The van der Waals surface area contributed by atoms with Crippen LogP contribution in [0.15, 0.2) is 29.8 Å². The molecule has 142 valence electrons. The first-order valence-corrected chi connectivity index (χ1v) is 8.89. The standard InChI is InChI=1S/C21H21N5O2/c1-26-8-7-13-15(9-22)20(25)21(11-23,12-24)18(16(13)10-26)14-5-4-6-17(27-2)19(14)28-3/h4-7,15-16,18,25H,8,10H2,1-3H3/t15?,16-,18+/m0/s1. The molecule has 1 aromatic carbocycles. The van der Waals surface area contributed by atoms with Gasteiger partial charge in [-0.2, -0.15) is 15.8 Å². The number of rotatable bonds is 3. The second kappa shape index (κ2) is 7.35. The number of hydrogen-bond donors (Lipinski definition) is 1. The predicted octanol–water partition coefficient (Wildman–Crippen LogP) is 2.48. The highest BCUT2D eigenvalue weighted by Crippen LogP contribution is 2.55. The summed E-state index contributed by atoms with van der Waals surface area (Å²) in [7, 11) is 4.99. The van der Waals surface area contributed by atoms with Crippen LogP contribution in [-0.2, 0) is 0 Å². The number of para-hydroxylation sites is 1. The molecule has 0 radical (unpaired) electrons. The summed E-state index contributed by atoms with van der Waals surface area (Å²) in [5.74, 6) is -0.851. The van der Waals surface area contributed by atoms with Gasteiger partial charge in [0.25, 0.3) is 0 Å². The van der Waals surface area contributed by atoms with Crippen molar-refractivity contribution >= 4 is 5.71 Å². The molecule has 2 aliphatic rings. The monoisotopic (exact) mass is 375 g/mol. The van der Waals surface area contributed by atoms with E-state index in [1.54, 1.807) is 12.1 Å². The summed E-state index contributed by atoms with van der Waals surface area (Å²) < 4.78 is 11.0. The number of hydrogen-bond acceptors (Lipinski definition) is 7. The van der Waals surface area contributed by atoms with Crippen molar-refractivity contribution in [1.82, 2.24) is 4.90 Å². The molecule has 7 heteroatoms. The van der Waals surface area contributed by atoms with Crippen molar-refractivity contribution in [1.29, 1.82) is 21.2 Å². The minimum Gasteiger partial charge on any atom is -0.493 e. The average Bonchev–Trinajstić information content (AvgIpc) is 2.72. The maximum atomic E-state index is 10.1. The minimum atomic E-state index is -1.76. The van der Waals surface area contributed by atoms with Gasteiger partial charge in [0.05, 0.1) is 38.1 Å². The largest absolute Gasteiger partial charge is 0.493 e. The molecular weight excluding hydrogens is 354 g/mol. The van der Waals surface area contributed by atoms with Crippen molar-refractivity contribution in [2.75, 3.05) is 34.4 Å². The van der Waals surface area contributed by atoms with Crippen molar-refractivity contribution < 1.29 is 9.47 Å². The van der Waals surface area contributed by atoms with Crippen LogP contribution in [0, 0.1) is 56.7 Å². The highest BCUT2D eigenvalue weighted by molar-refractivity contribution is 6.01. The summed E-state index contributed by atoms with van der Waals surface area (Å²) in [6.45, 7) is 1.23. The maximum Gasteiger partial charge on any atom is 0.189 e. The van der Waals surface area contributed by atoms with E-state index in [-0.39, 0.29) is 11.6 Å². The number of nitrogens with zero attached hydrogens (tertiary/aromatic N) is 4. The zero-order chi connectivity index (χ0) is 20.5. The van der Waals surface area contributed by atoms with E-state index in [4.69, 9.17) is 14.9 Å². The van der Waals surface area contributed by atoms with Crippen LogP contribution in [0.2, 0.25) is 0 Å². The number of ether oxygens (including phenoxy) is 2. The van der Waals surface area contributed by atoms with Crippen molar-refractivity contribution in [3.8, 4) is 29.7 Å². The summed E-state index contributed by atoms with van der Waals surface area (Å²) in [6, 6.07) is 11.7. The fourth-order valence-electron chi connectivity index (χ4n) is 4.45. The number of benzene rings is 1. The molecule has 3 atom stereocenters. The summed E-state index contributed by atoms with van der Waals surface area (Å²) in [6.07, 6.45) is 1.95. The van der Waals surface area contributed by atoms with Crippen LogP contribution in [0.4, 0.5) is 0 Å². The first kappa shape index (κ1) is 19.4. The number of fused-ring (bicyclic) bond motifs is 1. The van der Waals surface area contributed by atoms with E-state index in [1.165, 1.54) is 14.2 Å². The first-order valence-electron chi connectivity index (χ1n) is 8.89. The first-order chi connectivity index (χ1) is 13.5. The van der Waals surface area contributed by atoms with E-state index < -0.39 is 17.3 Å².